The van der Waals surface area contributed by atoms with Gasteiger partial charge in [-0.3, -0.25) is 9.36 Å². The fourth-order valence-corrected chi connectivity index (χ4v) is 4.71. The molecule has 1 saturated heterocycles. The number of ether oxygens (including phenoxy) is 3. The van der Waals surface area contributed by atoms with Gasteiger partial charge in [0, 0.05) is 13.5 Å². The highest BCUT2D eigenvalue weighted by molar-refractivity contribution is 5.89. The van der Waals surface area contributed by atoms with E-state index in [1.165, 1.54) is 38.0 Å². The largest absolute Gasteiger partial charge is 0.459 e. The molecule has 0 bridgehead atoms. The van der Waals surface area contributed by atoms with Crippen molar-refractivity contribution in [1.29, 1.82) is 0 Å². The fourth-order valence-electron chi connectivity index (χ4n) is 4.71. The molecule has 0 unspecified atom stereocenters. The molecule has 0 aliphatic carbocycles. The van der Waals surface area contributed by atoms with E-state index in [2.05, 4.69) is 20.3 Å². The SMILES string of the molecule is CC(=O)O[C@]1(C)[C@@H](COC(=O)c2ccccc2)O[C@H](n2cnc3c(NCc4ccccc4)ncnc32)[C@]1(C)F. The Morgan fingerprint density at radius 1 is 1.05 bits per heavy atom. The van der Waals surface area contributed by atoms with Crippen LogP contribution in [0.15, 0.2) is 73.3 Å². The molecular formula is C28H28FN5O5. The van der Waals surface area contributed by atoms with Crippen molar-refractivity contribution in [3.8, 4) is 0 Å². The molecule has 0 radical (unpaired) electrons. The molecule has 1 aliphatic rings. The van der Waals surface area contributed by atoms with Crippen LogP contribution in [0.25, 0.3) is 11.2 Å². The van der Waals surface area contributed by atoms with Gasteiger partial charge < -0.3 is 19.5 Å². The van der Waals surface area contributed by atoms with E-state index in [1.807, 2.05) is 30.3 Å². The first kappa shape index (κ1) is 26.2. The standard InChI is InChI=1S/C28H28FN5O5/c1-18(35)39-28(3)21(15-37-25(36)20-12-8-5-9-13-20)38-26(27(28,2)29)34-17-33-22-23(31-16-32-24(22)34)30-14-19-10-6-4-7-11-19/h4-13,16-17,21,26H,14-15H2,1-3H3,(H,30,31,32)/t21-,26+,27+,28-/m1/s1. The Kier molecular flexibility index (Phi) is 7.00. The van der Waals surface area contributed by atoms with Crippen LogP contribution in [-0.2, 0) is 25.5 Å². The zero-order chi connectivity index (χ0) is 27.6. The van der Waals surface area contributed by atoms with E-state index in [9.17, 15) is 9.59 Å². The van der Waals surface area contributed by atoms with Crippen LogP contribution >= 0.6 is 0 Å². The number of imidazole rings is 1. The summed E-state index contributed by atoms with van der Waals surface area (Å²) < 4.78 is 35.2. The zero-order valence-corrected chi connectivity index (χ0v) is 21.7. The summed E-state index contributed by atoms with van der Waals surface area (Å²) in [7, 11) is 0. The maximum Gasteiger partial charge on any atom is 0.338 e. The normalized spacial score (nSPS) is 24.4. The summed E-state index contributed by atoms with van der Waals surface area (Å²) in [5.74, 6) is -0.837. The molecule has 5 rings (SSSR count). The first-order chi connectivity index (χ1) is 18.7. The predicted molar refractivity (Wildman–Crippen MR) is 139 cm³/mol. The number of alkyl halides is 1. The molecule has 4 aromatic rings. The van der Waals surface area contributed by atoms with Crippen LogP contribution in [0.5, 0.6) is 0 Å². The van der Waals surface area contributed by atoms with Gasteiger partial charge in [-0.25, -0.2) is 24.1 Å². The van der Waals surface area contributed by atoms with Crippen molar-refractivity contribution in [3.05, 3.63) is 84.4 Å². The highest BCUT2D eigenvalue weighted by atomic mass is 19.1. The second kappa shape index (κ2) is 10.4. The Bertz CT molecular complexity index is 1480. The van der Waals surface area contributed by atoms with Crippen LogP contribution in [-0.4, -0.2) is 55.4 Å². The summed E-state index contributed by atoms with van der Waals surface area (Å²) >= 11 is 0. The summed E-state index contributed by atoms with van der Waals surface area (Å²) in [5.41, 5.74) is -1.94. The molecule has 202 valence electrons. The second-order valence-electron chi connectivity index (χ2n) is 9.60. The van der Waals surface area contributed by atoms with Crippen molar-refractivity contribution in [2.75, 3.05) is 11.9 Å². The molecule has 0 amide bonds. The average Bonchev–Trinajstić information content (AvgIpc) is 3.43. The predicted octanol–water partition coefficient (Wildman–Crippen LogP) is 4.24. The number of carbonyl (C=O) groups is 2. The fraction of sp³-hybridized carbons (Fsp3) is 0.321. The molecule has 1 aliphatic heterocycles. The van der Waals surface area contributed by atoms with Crippen molar-refractivity contribution in [2.45, 2.75) is 50.9 Å². The molecule has 1 fully saturated rings. The molecule has 1 N–H and O–H groups in total. The molecular weight excluding hydrogens is 505 g/mol. The second-order valence-corrected chi connectivity index (χ2v) is 9.60. The van der Waals surface area contributed by atoms with E-state index in [4.69, 9.17) is 14.2 Å². The number of nitrogens with one attached hydrogen (secondary N) is 1. The van der Waals surface area contributed by atoms with Crippen LogP contribution in [0, 0.1) is 0 Å². The van der Waals surface area contributed by atoms with Crippen molar-refractivity contribution in [2.24, 2.45) is 0 Å². The molecule has 0 spiro atoms. The van der Waals surface area contributed by atoms with E-state index in [0.29, 0.717) is 29.1 Å². The van der Waals surface area contributed by atoms with E-state index in [-0.39, 0.29) is 6.61 Å². The highest BCUT2D eigenvalue weighted by Gasteiger charge is 2.66. The Labute approximate surface area is 224 Å². The first-order valence-corrected chi connectivity index (χ1v) is 12.4. The summed E-state index contributed by atoms with van der Waals surface area (Å²) in [4.78, 5) is 37.6. The van der Waals surface area contributed by atoms with Gasteiger partial charge in [0.25, 0.3) is 0 Å². The number of nitrogens with zero attached hydrogens (tertiary/aromatic N) is 4. The summed E-state index contributed by atoms with van der Waals surface area (Å²) in [6.07, 6.45) is 0.332. The molecule has 0 saturated carbocycles. The lowest BCUT2D eigenvalue weighted by atomic mass is 9.84. The Morgan fingerprint density at radius 2 is 1.74 bits per heavy atom. The maximum atomic E-state index is 16.7. The maximum absolute atomic E-state index is 16.7. The molecule has 2 aromatic carbocycles. The lowest BCUT2D eigenvalue weighted by Gasteiger charge is -2.36. The number of halogens is 1. The van der Waals surface area contributed by atoms with Gasteiger partial charge in [0.2, 0.25) is 0 Å². The van der Waals surface area contributed by atoms with Crippen molar-refractivity contribution in [3.63, 3.8) is 0 Å². The van der Waals surface area contributed by atoms with Gasteiger partial charge in [-0.15, -0.1) is 0 Å². The Morgan fingerprint density at radius 3 is 2.44 bits per heavy atom. The smallest absolute Gasteiger partial charge is 0.338 e. The minimum Gasteiger partial charge on any atom is -0.459 e. The van der Waals surface area contributed by atoms with Crippen molar-refractivity contribution >= 4 is 28.9 Å². The minimum absolute atomic E-state index is 0.321. The summed E-state index contributed by atoms with van der Waals surface area (Å²) in [5, 5.41) is 3.24. The molecule has 4 atom stereocenters. The number of hydrogen-bond acceptors (Lipinski definition) is 9. The summed E-state index contributed by atoms with van der Waals surface area (Å²) in [6.45, 7) is 4.04. The third kappa shape index (κ3) is 4.92. The number of hydrogen-bond donors (Lipinski definition) is 1. The van der Waals surface area contributed by atoms with Crippen LogP contribution in [0.3, 0.4) is 0 Å². The van der Waals surface area contributed by atoms with Crippen LogP contribution in [0.2, 0.25) is 0 Å². The molecule has 39 heavy (non-hydrogen) atoms. The van der Waals surface area contributed by atoms with Gasteiger partial charge in [-0.1, -0.05) is 48.5 Å². The lowest BCUT2D eigenvalue weighted by molar-refractivity contribution is -0.175. The number of rotatable bonds is 8. The lowest BCUT2D eigenvalue weighted by Crippen LogP contribution is -2.55. The number of anilines is 1. The Hall–Kier alpha value is -4.38. The van der Waals surface area contributed by atoms with E-state index < -0.39 is 35.5 Å². The molecule has 2 aromatic heterocycles. The van der Waals surface area contributed by atoms with Crippen LogP contribution < -0.4 is 5.32 Å². The Balaban J connectivity index is 1.43. The van der Waals surface area contributed by atoms with Crippen LogP contribution in [0.1, 0.15) is 42.9 Å². The monoisotopic (exact) mass is 533 g/mol. The third-order valence-corrected chi connectivity index (χ3v) is 6.99. The van der Waals surface area contributed by atoms with Gasteiger partial charge in [-0.2, -0.15) is 0 Å². The zero-order valence-electron chi connectivity index (χ0n) is 21.7. The minimum atomic E-state index is -2.27. The average molecular weight is 534 g/mol. The molecule has 11 heteroatoms. The van der Waals surface area contributed by atoms with Gasteiger partial charge in [0.15, 0.2) is 34.5 Å². The van der Waals surface area contributed by atoms with E-state index in [1.54, 1.807) is 30.3 Å². The first-order valence-electron chi connectivity index (χ1n) is 12.4. The quantitative estimate of drug-likeness (QED) is 0.332. The third-order valence-electron chi connectivity index (χ3n) is 6.99. The van der Waals surface area contributed by atoms with Gasteiger partial charge in [0.05, 0.1) is 11.9 Å². The topological polar surface area (TPSA) is 117 Å². The van der Waals surface area contributed by atoms with Crippen molar-refractivity contribution in [1.82, 2.24) is 19.5 Å². The van der Waals surface area contributed by atoms with Crippen molar-refractivity contribution < 1.29 is 28.2 Å². The number of aromatic nitrogens is 4. The number of benzene rings is 2. The van der Waals surface area contributed by atoms with Crippen LogP contribution in [0.4, 0.5) is 10.2 Å². The van der Waals surface area contributed by atoms with Gasteiger partial charge in [-0.05, 0) is 31.5 Å². The molecule has 10 nitrogen and oxygen atoms in total. The van der Waals surface area contributed by atoms with Gasteiger partial charge >= 0.3 is 11.9 Å². The van der Waals surface area contributed by atoms with E-state index >= 15 is 4.39 Å². The molecule has 3 heterocycles. The highest BCUT2D eigenvalue weighted by Crippen LogP contribution is 2.51. The number of fused-ring (bicyclic) bond motifs is 1. The van der Waals surface area contributed by atoms with Gasteiger partial charge in [0.1, 0.15) is 19.0 Å². The number of carbonyl (C=O) groups excluding carboxylic acids is 2. The summed E-state index contributed by atoms with van der Waals surface area (Å²) in [6, 6.07) is 18.2. The van der Waals surface area contributed by atoms with E-state index in [0.717, 1.165) is 5.56 Å². The number of esters is 2.